The minimum atomic E-state index is -0.486. The van der Waals surface area contributed by atoms with E-state index in [0.29, 0.717) is 21.5 Å². The van der Waals surface area contributed by atoms with Gasteiger partial charge >= 0.3 is 0 Å². The Morgan fingerprint density at radius 2 is 1.89 bits per heavy atom. The van der Waals surface area contributed by atoms with Crippen molar-refractivity contribution in [2.24, 2.45) is 0 Å². The molecule has 0 radical (unpaired) electrons. The molecule has 0 bridgehead atoms. The van der Waals surface area contributed by atoms with Crippen molar-refractivity contribution in [2.75, 3.05) is 0 Å². The van der Waals surface area contributed by atoms with Gasteiger partial charge in [-0.2, -0.15) is 0 Å². The summed E-state index contributed by atoms with van der Waals surface area (Å²) in [5.74, 6) is 0.295. The second kappa shape index (κ2) is 5.50. The Hall–Kier alpha value is -1.39. The molecule has 0 aliphatic carbocycles. The molecule has 0 aliphatic rings. The van der Waals surface area contributed by atoms with E-state index >= 15 is 0 Å². The van der Waals surface area contributed by atoms with Gasteiger partial charge in [0.1, 0.15) is 17.3 Å². The van der Waals surface area contributed by atoms with E-state index in [1.54, 1.807) is 18.2 Å². The predicted octanol–water partition coefficient (Wildman–Crippen LogP) is 4.85. The molecule has 0 aromatic heterocycles. The maximum atomic E-state index is 13.0. The lowest BCUT2D eigenvalue weighted by molar-refractivity contribution is 0.112. The number of benzene rings is 2. The van der Waals surface area contributed by atoms with E-state index in [1.807, 2.05) is 0 Å². The Balaban J connectivity index is 2.36. The molecular weight excluding hydrogens is 322 g/mol. The molecule has 2 rings (SSSR count). The van der Waals surface area contributed by atoms with E-state index in [2.05, 4.69) is 15.9 Å². The molecule has 0 unspecified atom stereocenters. The smallest absolute Gasteiger partial charge is 0.153 e. The average Bonchev–Trinajstić information content (AvgIpc) is 2.34. The minimum absolute atomic E-state index is 0.150. The van der Waals surface area contributed by atoms with Crippen LogP contribution in [0, 0.1) is 5.82 Å². The van der Waals surface area contributed by atoms with Gasteiger partial charge < -0.3 is 4.74 Å². The normalized spacial score (nSPS) is 10.2. The number of aldehydes is 1. The van der Waals surface area contributed by atoms with Gasteiger partial charge in [0.15, 0.2) is 6.29 Å². The first-order chi connectivity index (χ1) is 8.60. The van der Waals surface area contributed by atoms with Crippen molar-refractivity contribution in [3.63, 3.8) is 0 Å². The van der Waals surface area contributed by atoms with Gasteiger partial charge in [-0.3, -0.25) is 4.79 Å². The lowest BCUT2D eigenvalue weighted by atomic mass is 10.2. The number of hydrogen-bond donors (Lipinski definition) is 0. The van der Waals surface area contributed by atoms with Crippen LogP contribution in [0.1, 0.15) is 10.4 Å². The van der Waals surface area contributed by atoms with Crippen LogP contribution in [-0.4, -0.2) is 6.29 Å². The molecule has 0 heterocycles. The molecule has 0 N–H and O–H groups in total. The number of carbonyl (C=O) groups is 1. The fraction of sp³-hybridized carbons (Fsp3) is 0. The molecule has 2 aromatic carbocycles. The molecule has 5 heteroatoms. The summed E-state index contributed by atoms with van der Waals surface area (Å²) in [5.41, 5.74) is 0.150. The molecule has 0 amide bonds. The molecule has 2 nitrogen and oxygen atoms in total. The molecule has 0 spiro atoms. The van der Waals surface area contributed by atoms with Crippen molar-refractivity contribution in [1.82, 2.24) is 0 Å². The van der Waals surface area contributed by atoms with Gasteiger partial charge in [0, 0.05) is 5.02 Å². The monoisotopic (exact) mass is 328 g/mol. The standard InChI is InChI=1S/C13H7BrClFO2/c14-11-6-9(15)1-3-13(11)18-12-4-2-10(16)5-8(12)7-17/h1-7H. The Labute approximate surface area is 116 Å². The van der Waals surface area contributed by atoms with Crippen LogP contribution in [0.15, 0.2) is 40.9 Å². The minimum Gasteiger partial charge on any atom is -0.455 e. The van der Waals surface area contributed by atoms with Gasteiger partial charge in [0.05, 0.1) is 10.0 Å². The summed E-state index contributed by atoms with van der Waals surface area (Å²) in [6, 6.07) is 8.73. The van der Waals surface area contributed by atoms with Gasteiger partial charge in [-0.25, -0.2) is 4.39 Å². The summed E-state index contributed by atoms with van der Waals surface area (Å²) in [5, 5.41) is 0.559. The lowest BCUT2D eigenvalue weighted by Gasteiger charge is -2.09. The SMILES string of the molecule is O=Cc1cc(F)ccc1Oc1ccc(Cl)cc1Br. The Morgan fingerprint density at radius 3 is 2.56 bits per heavy atom. The van der Waals surface area contributed by atoms with E-state index in [1.165, 1.54) is 12.1 Å². The topological polar surface area (TPSA) is 26.3 Å². The van der Waals surface area contributed by atoms with Gasteiger partial charge in [-0.15, -0.1) is 0 Å². The quantitative estimate of drug-likeness (QED) is 0.753. The zero-order chi connectivity index (χ0) is 13.1. The highest BCUT2D eigenvalue weighted by Gasteiger charge is 2.08. The van der Waals surface area contributed by atoms with E-state index in [0.717, 1.165) is 6.07 Å². The molecule has 92 valence electrons. The summed E-state index contributed by atoms with van der Waals surface area (Å²) in [6.07, 6.45) is 0.544. The van der Waals surface area contributed by atoms with Crippen LogP contribution >= 0.6 is 27.5 Å². The number of carbonyl (C=O) groups excluding carboxylic acids is 1. The second-order valence-corrected chi connectivity index (χ2v) is 4.77. The van der Waals surface area contributed by atoms with Crippen LogP contribution in [-0.2, 0) is 0 Å². The Bertz CT molecular complexity index is 602. The first-order valence-electron chi connectivity index (χ1n) is 4.98. The van der Waals surface area contributed by atoms with E-state index < -0.39 is 5.82 Å². The van der Waals surface area contributed by atoms with Crippen molar-refractivity contribution in [3.05, 3.63) is 57.3 Å². The van der Waals surface area contributed by atoms with Gasteiger partial charge in [0.2, 0.25) is 0 Å². The molecule has 0 aliphatic heterocycles. The van der Waals surface area contributed by atoms with Crippen molar-refractivity contribution in [3.8, 4) is 11.5 Å². The van der Waals surface area contributed by atoms with Crippen LogP contribution in [0.25, 0.3) is 0 Å². The van der Waals surface area contributed by atoms with Gasteiger partial charge in [-0.05, 0) is 52.3 Å². The average molecular weight is 330 g/mol. The molecule has 0 saturated carbocycles. The molecule has 0 atom stereocenters. The molecule has 18 heavy (non-hydrogen) atoms. The molecular formula is C13H7BrClFO2. The van der Waals surface area contributed by atoms with Gasteiger partial charge in [0.25, 0.3) is 0 Å². The molecule has 0 saturated heterocycles. The Kier molecular flexibility index (Phi) is 3.99. The maximum absolute atomic E-state index is 13.0. The lowest BCUT2D eigenvalue weighted by Crippen LogP contribution is -1.92. The summed E-state index contributed by atoms with van der Waals surface area (Å²) in [6.45, 7) is 0. The van der Waals surface area contributed by atoms with Crippen LogP contribution in [0.3, 0.4) is 0 Å². The highest BCUT2D eigenvalue weighted by Crippen LogP contribution is 2.33. The van der Waals surface area contributed by atoms with Crippen molar-refractivity contribution in [1.29, 1.82) is 0 Å². The fourth-order valence-corrected chi connectivity index (χ4v) is 2.14. The Morgan fingerprint density at radius 1 is 1.17 bits per heavy atom. The highest BCUT2D eigenvalue weighted by atomic mass is 79.9. The summed E-state index contributed by atoms with van der Waals surface area (Å²) in [4.78, 5) is 10.8. The third-order valence-electron chi connectivity index (χ3n) is 2.21. The summed E-state index contributed by atoms with van der Waals surface area (Å²) >= 11 is 9.10. The first-order valence-corrected chi connectivity index (χ1v) is 6.15. The van der Waals surface area contributed by atoms with Crippen molar-refractivity contribution < 1.29 is 13.9 Å². The largest absolute Gasteiger partial charge is 0.455 e. The zero-order valence-corrected chi connectivity index (χ0v) is 11.3. The molecule has 0 fully saturated rings. The summed E-state index contributed by atoms with van der Waals surface area (Å²) < 4.78 is 19.2. The third kappa shape index (κ3) is 2.89. The van der Waals surface area contributed by atoms with E-state index in [9.17, 15) is 9.18 Å². The maximum Gasteiger partial charge on any atom is 0.153 e. The predicted molar refractivity (Wildman–Crippen MR) is 71.0 cm³/mol. The van der Waals surface area contributed by atoms with Crippen LogP contribution < -0.4 is 4.74 Å². The van der Waals surface area contributed by atoms with E-state index in [4.69, 9.17) is 16.3 Å². The van der Waals surface area contributed by atoms with E-state index in [-0.39, 0.29) is 11.3 Å². The zero-order valence-electron chi connectivity index (χ0n) is 8.99. The number of ether oxygens (including phenoxy) is 1. The second-order valence-electron chi connectivity index (χ2n) is 3.48. The number of halogens is 3. The summed E-state index contributed by atoms with van der Waals surface area (Å²) in [7, 11) is 0. The van der Waals surface area contributed by atoms with Crippen LogP contribution in [0.2, 0.25) is 5.02 Å². The third-order valence-corrected chi connectivity index (χ3v) is 3.07. The first kappa shape index (κ1) is 13.1. The number of rotatable bonds is 3. The molecule has 2 aromatic rings. The van der Waals surface area contributed by atoms with Crippen molar-refractivity contribution in [2.45, 2.75) is 0 Å². The highest BCUT2D eigenvalue weighted by molar-refractivity contribution is 9.10. The van der Waals surface area contributed by atoms with Crippen molar-refractivity contribution >= 4 is 33.8 Å². The fourth-order valence-electron chi connectivity index (χ4n) is 1.38. The number of hydrogen-bond acceptors (Lipinski definition) is 2. The van der Waals surface area contributed by atoms with Crippen LogP contribution in [0.4, 0.5) is 4.39 Å². The van der Waals surface area contributed by atoms with Crippen LogP contribution in [0.5, 0.6) is 11.5 Å². The van der Waals surface area contributed by atoms with Gasteiger partial charge in [-0.1, -0.05) is 11.6 Å².